The van der Waals surface area contributed by atoms with Crippen LogP contribution in [0.5, 0.6) is 0 Å². The molecule has 1 aromatic carbocycles. The number of halogens is 1. The molecule has 0 aliphatic rings. The molecule has 1 atom stereocenters. The minimum Gasteiger partial charge on any atom is -0.380 e. The van der Waals surface area contributed by atoms with Gasteiger partial charge in [-0.2, -0.15) is 0 Å². The Bertz CT molecular complexity index is 317. The van der Waals surface area contributed by atoms with Crippen LogP contribution < -0.4 is 11.3 Å². The lowest BCUT2D eigenvalue weighted by molar-refractivity contribution is 0.123. The molecule has 1 rings (SSSR count). The lowest BCUT2D eigenvalue weighted by Crippen LogP contribution is -2.32. The second-order valence-corrected chi connectivity index (χ2v) is 4.44. The molecular formula is C11H17IN2O. The number of hydrogen-bond acceptors (Lipinski definition) is 3. The van der Waals surface area contributed by atoms with Crippen LogP contribution in [0, 0.1) is 10.5 Å². The highest BCUT2D eigenvalue weighted by atomic mass is 127. The van der Waals surface area contributed by atoms with Crippen molar-refractivity contribution in [2.45, 2.75) is 19.9 Å². The summed E-state index contributed by atoms with van der Waals surface area (Å²) < 4.78 is 6.64. The quantitative estimate of drug-likeness (QED) is 0.496. The monoisotopic (exact) mass is 320 g/mol. The Morgan fingerprint density at radius 1 is 1.53 bits per heavy atom. The van der Waals surface area contributed by atoms with Crippen LogP contribution >= 0.6 is 22.6 Å². The lowest BCUT2D eigenvalue weighted by atomic mass is 10.1. The van der Waals surface area contributed by atoms with Crippen molar-refractivity contribution >= 4 is 22.6 Å². The van der Waals surface area contributed by atoms with E-state index in [1.807, 2.05) is 13.0 Å². The van der Waals surface area contributed by atoms with Crippen LogP contribution in [-0.2, 0) is 4.74 Å². The lowest BCUT2D eigenvalue weighted by Gasteiger charge is -2.18. The number of hydrazine groups is 1. The van der Waals surface area contributed by atoms with Gasteiger partial charge in [-0.3, -0.25) is 11.3 Å². The van der Waals surface area contributed by atoms with Crippen molar-refractivity contribution in [3.05, 3.63) is 32.9 Å². The summed E-state index contributed by atoms with van der Waals surface area (Å²) in [5.41, 5.74) is 5.26. The van der Waals surface area contributed by atoms with Crippen molar-refractivity contribution in [3.63, 3.8) is 0 Å². The number of ether oxygens (including phenoxy) is 1. The molecule has 3 nitrogen and oxygen atoms in total. The molecule has 3 N–H and O–H groups in total. The van der Waals surface area contributed by atoms with Gasteiger partial charge < -0.3 is 4.74 Å². The molecule has 0 aromatic heterocycles. The normalized spacial score (nSPS) is 12.8. The SMILES string of the molecule is CCOCC(NN)c1cccc(C)c1I. The van der Waals surface area contributed by atoms with E-state index in [2.05, 4.69) is 47.1 Å². The van der Waals surface area contributed by atoms with E-state index in [4.69, 9.17) is 10.6 Å². The number of aryl methyl sites for hydroxylation is 1. The first kappa shape index (κ1) is 12.9. The number of hydrogen-bond donors (Lipinski definition) is 2. The van der Waals surface area contributed by atoms with Gasteiger partial charge in [0.2, 0.25) is 0 Å². The van der Waals surface area contributed by atoms with E-state index < -0.39 is 0 Å². The van der Waals surface area contributed by atoms with Crippen LogP contribution in [0.4, 0.5) is 0 Å². The Hall–Kier alpha value is -0.170. The van der Waals surface area contributed by atoms with Crippen LogP contribution in [0.1, 0.15) is 24.1 Å². The third-order valence-electron chi connectivity index (χ3n) is 2.29. The van der Waals surface area contributed by atoms with Crippen LogP contribution in [0.2, 0.25) is 0 Å². The fourth-order valence-electron chi connectivity index (χ4n) is 1.40. The molecule has 0 spiro atoms. The molecule has 15 heavy (non-hydrogen) atoms. The third kappa shape index (κ3) is 3.41. The Balaban J connectivity index is 2.86. The van der Waals surface area contributed by atoms with E-state index in [0.717, 1.165) is 0 Å². The Morgan fingerprint density at radius 3 is 2.87 bits per heavy atom. The largest absolute Gasteiger partial charge is 0.380 e. The minimum absolute atomic E-state index is 0.0664. The minimum atomic E-state index is 0.0664. The maximum atomic E-state index is 5.53. The standard InChI is InChI=1S/C11H17IN2O/c1-3-15-7-10(14-13)9-6-4-5-8(2)11(9)12/h4-6,10,14H,3,7,13H2,1-2H3. The van der Waals surface area contributed by atoms with Crippen molar-refractivity contribution in [2.75, 3.05) is 13.2 Å². The van der Waals surface area contributed by atoms with Gasteiger partial charge in [0.1, 0.15) is 0 Å². The average Bonchev–Trinajstić information content (AvgIpc) is 2.25. The van der Waals surface area contributed by atoms with Crippen LogP contribution in [0.25, 0.3) is 0 Å². The zero-order chi connectivity index (χ0) is 11.3. The molecule has 0 amide bonds. The van der Waals surface area contributed by atoms with Gasteiger partial charge in [0, 0.05) is 10.2 Å². The molecule has 84 valence electrons. The fraction of sp³-hybridized carbons (Fsp3) is 0.455. The topological polar surface area (TPSA) is 47.3 Å². The highest BCUT2D eigenvalue weighted by Crippen LogP contribution is 2.22. The van der Waals surface area contributed by atoms with Crippen molar-refractivity contribution in [1.29, 1.82) is 0 Å². The first-order valence-electron chi connectivity index (χ1n) is 4.99. The van der Waals surface area contributed by atoms with Crippen LogP contribution in [0.15, 0.2) is 18.2 Å². The van der Waals surface area contributed by atoms with E-state index in [-0.39, 0.29) is 6.04 Å². The summed E-state index contributed by atoms with van der Waals surface area (Å²) in [7, 11) is 0. The van der Waals surface area contributed by atoms with Crippen molar-refractivity contribution in [1.82, 2.24) is 5.43 Å². The van der Waals surface area contributed by atoms with Crippen molar-refractivity contribution in [2.24, 2.45) is 5.84 Å². The molecule has 0 aliphatic carbocycles. The molecule has 0 aliphatic heterocycles. The third-order valence-corrected chi connectivity index (χ3v) is 3.76. The highest BCUT2D eigenvalue weighted by Gasteiger charge is 2.13. The summed E-state index contributed by atoms with van der Waals surface area (Å²) >= 11 is 2.34. The predicted octanol–water partition coefficient (Wildman–Crippen LogP) is 2.14. The number of rotatable bonds is 5. The van der Waals surface area contributed by atoms with E-state index in [1.165, 1.54) is 14.7 Å². The maximum Gasteiger partial charge on any atom is 0.0704 e. The molecule has 0 heterocycles. The Kier molecular flexibility index (Phi) is 5.52. The summed E-state index contributed by atoms with van der Waals surface area (Å²) in [5, 5.41) is 0. The second-order valence-electron chi connectivity index (χ2n) is 3.36. The van der Waals surface area contributed by atoms with Gasteiger partial charge in [0.05, 0.1) is 12.6 Å². The molecule has 1 unspecified atom stereocenters. The molecule has 0 bridgehead atoms. The van der Waals surface area contributed by atoms with E-state index in [0.29, 0.717) is 13.2 Å². The Morgan fingerprint density at radius 2 is 2.27 bits per heavy atom. The number of benzene rings is 1. The second kappa shape index (κ2) is 6.42. The summed E-state index contributed by atoms with van der Waals surface area (Å²) in [4.78, 5) is 0. The van der Waals surface area contributed by atoms with E-state index in [9.17, 15) is 0 Å². The maximum absolute atomic E-state index is 5.53. The van der Waals surface area contributed by atoms with Crippen LogP contribution in [0.3, 0.4) is 0 Å². The zero-order valence-electron chi connectivity index (χ0n) is 9.09. The summed E-state index contributed by atoms with van der Waals surface area (Å²) in [6.07, 6.45) is 0. The van der Waals surface area contributed by atoms with Gasteiger partial charge in [-0.15, -0.1) is 0 Å². The highest BCUT2D eigenvalue weighted by molar-refractivity contribution is 14.1. The Labute approximate surface area is 104 Å². The van der Waals surface area contributed by atoms with Gasteiger partial charge in [-0.05, 0) is 47.6 Å². The van der Waals surface area contributed by atoms with Crippen molar-refractivity contribution < 1.29 is 4.74 Å². The molecule has 4 heteroatoms. The van der Waals surface area contributed by atoms with Gasteiger partial charge in [0.25, 0.3) is 0 Å². The van der Waals surface area contributed by atoms with Crippen LogP contribution in [-0.4, -0.2) is 13.2 Å². The molecule has 0 radical (unpaired) electrons. The van der Waals surface area contributed by atoms with Gasteiger partial charge in [-0.25, -0.2) is 0 Å². The average molecular weight is 320 g/mol. The summed E-state index contributed by atoms with van der Waals surface area (Å²) in [6.45, 7) is 5.39. The zero-order valence-corrected chi connectivity index (χ0v) is 11.2. The van der Waals surface area contributed by atoms with Crippen molar-refractivity contribution in [3.8, 4) is 0 Å². The molecule has 0 saturated heterocycles. The smallest absolute Gasteiger partial charge is 0.0704 e. The fourth-order valence-corrected chi connectivity index (χ4v) is 2.14. The number of nitrogens with one attached hydrogen (secondary N) is 1. The summed E-state index contributed by atoms with van der Waals surface area (Å²) in [5.74, 6) is 5.53. The van der Waals surface area contributed by atoms with Gasteiger partial charge >= 0.3 is 0 Å². The van der Waals surface area contributed by atoms with Gasteiger partial charge in [-0.1, -0.05) is 18.2 Å². The molecular weight excluding hydrogens is 303 g/mol. The number of nitrogens with two attached hydrogens (primary N) is 1. The predicted molar refractivity (Wildman–Crippen MR) is 70.5 cm³/mol. The molecule has 0 saturated carbocycles. The first-order chi connectivity index (χ1) is 7.20. The van der Waals surface area contributed by atoms with E-state index >= 15 is 0 Å². The summed E-state index contributed by atoms with van der Waals surface area (Å²) in [6, 6.07) is 6.29. The molecule has 0 fully saturated rings. The van der Waals surface area contributed by atoms with E-state index in [1.54, 1.807) is 0 Å². The molecule has 1 aromatic rings. The van der Waals surface area contributed by atoms with Gasteiger partial charge in [0.15, 0.2) is 0 Å². The first-order valence-corrected chi connectivity index (χ1v) is 6.07.